The number of rotatable bonds is 5. The van der Waals surface area contributed by atoms with E-state index in [1.54, 1.807) is 43.5 Å². The maximum atomic E-state index is 12.7. The number of nitrogens with two attached hydrogens (primary N) is 1. The molecule has 0 bridgehead atoms. The molecule has 2 amide bonds. The standard InChI is InChI=1S/C21H21N3O3S/c1-13-14(2)28-21(23-20(26)15-8-6-9-17(11-15)27-3)24(13)12-16-7-4-5-10-18(16)19(22)25/h4-11H,12H2,1-3H3,(H2,22,25). The minimum atomic E-state index is -0.480. The predicted octanol–water partition coefficient (Wildman–Crippen LogP) is 3.06. The maximum absolute atomic E-state index is 12.7. The lowest BCUT2D eigenvalue weighted by molar-refractivity contribution is 0.0989. The van der Waals surface area contributed by atoms with Gasteiger partial charge in [0.1, 0.15) is 5.75 Å². The molecule has 1 aromatic heterocycles. The van der Waals surface area contributed by atoms with Crippen molar-refractivity contribution in [1.82, 2.24) is 4.57 Å². The minimum Gasteiger partial charge on any atom is -0.497 e. The fourth-order valence-electron chi connectivity index (χ4n) is 2.85. The Bertz CT molecular complexity index is 1110. The molecular weight excluding hydrogens is 374 g/mol. The van der Waals surface area contributed by atoms with Gasteiger partial charge in [-0.3, -0.25) is 9.59 Å². The summed E-state index contributed by atoms with van der Waals surface area (Å²) in [4.78, 5) is 30.4. The number of hydrogen-bond acceptors (Lipinski definition) is 4. The summed E-state index contributed by atoms with van der Waals surface area (Å²) in [5, 5.41) is 0. The highest BCUT2D eigenvalue weighted by Crippen LogP contribution is 2.16. The highest BCUT2D eigenvalue weighted by molar-refractivity contribution is 7.09. The molecule has 28 heavy (non-hydrogen) atoms. The van der Waals surface area contributed by atoms with Crippen LogP contribution in [0.1, 0.15) is 36.9 Å². The first-order chi connectivity index (χ1) is 13.4. The summed E-state index contributed by atoms with van der Waals surface area (Å²) >= 11 is 1.44. The fourth-order valence-corrected chi connectivity index (χ4v) is 3.82. The van der Waals surface area contributed by atoms with Crippen molar-refractivity contribution in [2.75, 3.05) is 7.11 Å². The number of thiazole rings is 1. The molecule has 0 spiro atoms. The Labute approximate surface area is 166 Å². The summed E-state index contributed by atoms with van der Waals surface area (Å²) in [6.07, 6.45) is 0. The van der Waals surface area contributed by atoms with Crippen molar-refractivity contribution in [3.05, 3.63) is 80.6 Å². The van der Waals surface area contributed by atoms with Gasteiger partial charge in [-0.25, -0.2) is 0 Å². The van der Waals surface area contributed by atoms with Crippen LogP contribution in [0.3, 0.4) is 0 Å². The molecule has 0 fully saturated rings. The zero-order valence-corrected chi connectivity index (χ0v) is 16.7. The summed E-state index contributed by atoms with van der Waals surface area (Å²) in [5.74, 6) is -0.230. The lowest BCUT2D eigenvalue weighted by atomic mass is 10.1. The van der Waals surface area contributed by atoms with Crippen molar-refractivity contribution >= 4 is 23.2 Å². The molecule has 0 atom stereocenters. The summed E-state index contributed by atoms with van der Waals surface area (Å²) < 4.78 is 7.11. The van der Waals surface area contributed by atoms with E-state index in [9.17, 15) is 9.59 Å². The average molecular weight is 395 g/mol. The van der Waals surface area contributed by atoms with E-state index in [2.05, 4.69) is 4.99 Å². The zero-order valence-electron chi connectivity index (χ0n) is 15.9. The second-order valence-electron chi connectivity index (χ2n) is 6.28. The number of carbonyl (C=O) groups is 2. The van der Waals surface area contributed by atoms with Crippen molar-refractivity contribution in [3.8, 4) is 5.75 Å². The van der Waals surface area contributed by atoms with Gasteiger partial charge in [-0.05, 0) is 43.7 Å². The first-order valence-electron chi connectivity index (χ1n) is 8.68. The molecule has 3 aromatic rings. The van der Waals surface area contributed by atoms with Gasteiger partial charge in [0.05, 0.1) is 13.7 Å². The molecule has 0 aliphatic heterocycles. The Morgan fingerprint density at radius 2 is 1.89 bits per heavy atom. The van der Waals surface area contributed by atoms with Crippen LogP contribution in [0.4, 0.5) is 0 Å². The first kappa shape index (κ1) is 19.6. The molecule has 0 saturated heterocycles. The van der Waals surface area contributed by atoms with Crippen molar-refractivity contribution in [2.24, 2.45) is 10.7 Å². The summed E-state index contributed by atoms with van der Waals surface area (Å²) in [7, 11) is 1.55. The van der Waals surface area contributed by atoms with Gasteiger partial charge in [0.15, 0.2) is 4.80 Å². The highest BCUT2D eigenvalue weighted by atomic mass is 32.1. The monoisotopic (exact) mass is 395 g/mol. The van der Waals surface area contributed by atoms with Gasteiger partial charge in [-0.2, -0.15) is 4.99 Å². The van der Waals surface area contributed by atoms with Gasteiger partial charge in [-0.1, -0.05) is 24.3 Å². The molecule has 0 saturated carbocycles. The highest BCUT2D eigenvalue weighted by Gasteiger charge is 2.13. The second kappa shape index (κ2) is 8.22. The molecule has 0 unspecified atom stereocenters. The van der Waals surface area contributed by atoms with Gasteiger partial charge in [0.25, 0.3) is 5.91 Å². The van der Waals surface area contributed by atoms with Crippen LogP contribution in [0.15, 0.2) is 53.5 Å². The van der Waals surface area contributed by atoms with Crippen LogP contribution >= 0.6 is 11.3 Å². The number of methoxy groups -OCH3 is 1. The summed E-state index contributed by atoms with van der Waals surface area (Å²) in [6.45, 7) is 4.35. The van der Waals surface area contributed by atoms with E-state index < -0.39 is 5.91 Å². The lowest BCUT2D eigenvalue weighted by Crippen LogP contribution is -2.21. The Balaban J connectivity index is 2.04. The van der Waals surface area contributed by atoms with Crippen LogP contribution in [0, 0.1) is 13.8 Å². The zero-order chi connectivity index (χ0) is 20.3. The van der Waals surface area contributed by atoms with E-state index in [-0.39, 0.29) is 5.91 Å². The number of primary amides is 1. The number of carbonyl (C=O) groups excluding carboxylic acids is 2. The third-order valence-electron chi connectivity index (χ3n) is 4.51. The molecule has 0 aliphatic carbocycles. The van der Waals surface area contributed by atoms with Crippen LogP contribution in [0.2, 0.25) is 0 Å². The molecular formula is C21H21N3O3S. The van der Waals surface area contributed by atoms with Gasteiger partial charge < -0.3 is 15.0 Å². The Kier molecular flexibility index (Phi) is 5.75. The Morgan fingerprint density at radius 3 is 2.61 bits per heavy atom. The van der Waals surface area contributed by atoms with E-state index in [4.69, 9.17) is 10.5 Å². The number of ether oxygens (including phenoxy) is 1. The molecule has 3 rings (SSSR count). The van der Waals surface area contributed by atoms with Gasteiger partial charge >= 0.3 is 0 Å². The van der Waals surface area contributed by atoms with Crippen molar-refractivity contribution in [1.29, 1.82) is 0 Å². The van der Waals surface area contributed by atoms with E-state index in [0.717, 1.165) is 16.1 Å². The molecule has 144 valence electrons. The number of amides is 2. The molecule has 2 aromatic carbocycles. The minimum absolute atomic E-state index is 0.350. The molecule has 2 N–H and O–H groups in total. The lowest BCUT2D eigenvalue weighted by Gasteiger charge is -2.10. The van der Waals surface area contributed by atoms with Crippen LogP contribution in [0.5, 0.6) is 5.75 Å². The topological polar surface area (TPSA) is 86.7 Å². The largest absolute Gasteiger partial charge is 0.497 e. The van der Waals surface area contributed by atoms with Crippen LogP contribution in [0.25, 0.3) is 0 Å². The number of hydrogen-bond donors (Lipinski definition) is 1. The molecule has 0 aliphatic rings. The number of nitrogens with zero attached hydrogens (tertiary/aromatic N) is 2. The van der Waals surface area contributed by atoms with E-state index >= 15 is 0 Å². The van der Waals surface area contributed by atoms with Gasteiger partial charge in [0, 0.05) is 21.7 Å². The smallest absolute Gasteiger partial charge is 0.279 e. The third-order valence-corrected chi connectivity index (χ3v) is 5.61. The Morgan fingerprint density at radius 1 is 1.14 bits per heavy atom. The van der Waals surface area contributed by atoms with Gasteiger partial charge in [-0.15, -0.1) is 11.3 Å². The third kappa shape index (κ3) is 4.04. The second-order valence-corrected chi connectivity index (χ2v) is 7.46. The summed E-state index contributed by atoms with van der Waals surface area (Å²) in [6, 6.07) is 14.1. The maximum Gasteiger partial charge on any atom is 0.279 e. The van der Waals surface area contributed by atoms with E-state index in [0.29, 0.717) is 28.2 Å². The van der Waals surface area contributed by atoms with Crippen LogP contribution in [-0.2, 0) is 6.54 Å². The average Bonchev–Trinajstić information content (AvgIpc) is 2.95. The van der Waals surface area contributed by atoms with Crippen LogP contribution < -0.4 is 15.3 Å². The van der Waals surface area contributed by atoms with Crippen molar-refractivity contribution in [2.45, 2.75) is 20.4 Å². The number of benzene rings is 2. The van der Waals surface area contributed by atoms with E-state index in [1.165, 1.54) is 11.3 Å². The normalized spacial score (nSPS) is 11.5. The molecule has 0 radical (unpaired) electrons. The number of aromatic nitrogens is 1. The first-order valence-corrected chi connectivity index (χ1v) is 9.50. The van der Waals surface area contributed by atoms with Crippen molar-refractivity contribution in [3.63, 3.8) is 0 Å². The Hall–Kier alpha value is -3.19. The van der Waals surface area contributed by atoms with Crippen molar-refractivity contribution < 1.29 is 14.3 Å². The SMILES string of the molecule is COc1cccc(C(=O)N=c2sc(C)c(C)n2Cc2ccccc2C(N)=O)c1. The molecule has 7 heteroatoms. The molecule has 6 nitrogen and oxygen atoms in total. The van der Waals surface area contributed by atoms with Gasteiger partial charge in [0.2, 0.25) is 5.91 Å². The van der Waals surface area contributed by atoms with Crippen LogP contribution in [-0.4, -0.2) is 23.5 Å². The quantitative estimate of drug-likeness (QED) is 0.720. The predicted molar refractivity (Wildman–Crippen MR) is 109 cm³/mol. The number of aryl methyl sites for hydroxylation is 1. The van der Waals surface area contributed by atoms with E-state index in [1.807, 2.05) is 30.5 Å². The fraction of sp³-hybridized carbons (Fsp3) is 0.190. The molecule has 1 heterocycles. The summed E-state index contributed by atoms with van der Waals surface area (Å²) in [5.41, 5.74) is 8.18.